The minimum atomic E-state index is -0.280. The van der Waals surface area contributed by atoms with Gasteiger partial charge in [0.2, 0.25) is 0 Å². The van der Waals surface area contributed by atoms with Gasteiger partial charge in [0, 0.05) is 6.08 Å². The van der Waals surface area contributed by atoms with Crippen LogP contribution in [-0.2, 0) is 16.0 Å². The van der Waals surface area contributed by atoms with Crippen molar-refractivity contribution in [3.05, 3.63) is 53.1 Å². The van der Waals surface area contributed by atoms with Crippen molar-refractivity contribution in [1.82, 2.24) is 0 Å². The smallest absolute Gasteiger partial charge is 0.330 e. The van der Waals surface area contributed by atoms with Crippen LogP contribution in [0.5, 0.6) is 0 Å². The summed E-state index contributed by atoms with van der Waals surface area (Å²) in [4.78, 5) is 11.3. The van der Waals surface area contributed by atoms with E-state index in [2.05, 4.69) is 19.1 Å². The first-order valence-corrected chi connectivity index (χ1v) is 5.85. The number of fused-ring (bicyclic) bond motifs is 1. The van der Waals surface area contributed by atoms with E-state index >= 15 is 0 Å². The Balaban J connectivity index is 2.22. The van der Waals surface area contributed by atoms with E-state index < -0.39 is 0 Å². The Morgan fingerprint density at radius 1 is 1.41 bits per heavy atom. The molecule has 0 aliphatic heterocycles. The molecule has 0 spiro atoms. The van der Waals surface area contributed by atoms with Gasteiger partial charge in [-0.15, -0.1) is 0 Å². The van der Waals surface area contributed by atoms with Crippen molar-refractivity contribution in [1.29, 1.82) is 0 Å². The van der Waals surface area contributed by atoms with Crippen molar-refractivity contribution in [3.8, 4) is 0 Å². The first-order chi connectivity index (χ1) is 8.22. The molecule has 0 bridgehead atoms. The lowest BCUT2D eigenvalue weighted by molar-refractivity contribution is -0.137. The summed E-state index contributed by atoms with van der Waals surface area (Å²) in [6.45, 7) is 4.32. The molecule has 0 aromatic heterocycles. The third-order valence-corrected chi connectivity index (χ3v) is 2.90. The summed E-state index contributed by atoms with van der Waals surface area (Å²) in [5, 5.41) is 0. The highest BCUT2D eigenvalue weighted by molar-refractivity contribution is 5.89. The van der Waals surface area contributed by atoms with Crippen molar-refractivity contribution in [3.63, 3.8) is 0 Å². The molecule has 0 fully saturated rings. The Morgan fingerprint density at radius 2 is 2.18 bits per heavy atom. The van der Waals surface area contributed by atoms with Gasteiger partial charge in [-0.05, 0) is 43.0 Å². The van der Waals surface area contributed by atoms with Gasteiger partial charge in [0.15, 0.2) is 0 Å². The van der Waals surface area contributed by atoms with Crippen LogP contribution in [0.2, 0.25) is 0 Å². The summed E-state index contributed by atoms with van der Waals surface area (Å²) in [7, 11) is 0. The second-order valence-electron chi connectivity index (χ2n) is 4.11. The fourth-order valence-electron chi connectivity index (χ4n) is 2.12. The quantitative estimate of drug-likeness (QED) is 0.587. The predicted molar refractivity (Wildman–Crippen MR) is 68.5 cm³/mol. The molecule has 0 saturated heterocycles. The summed E-state index contributed by atoms with van der Waals surface area (Å²) >= 11 is 0. The van der Waals surface area contributed by atoms with Crippen LogP contribution in [0.3, 0.4) is 0 Å². The normalized spacial score (nSPS) is 14.2. The summed E-state index contributed by atoms with van der Waals surface area (Å²) < 4.78 is 4.88. The minimum absolute atomic E-state index is 0.280. The van der Waals surface area contributed by atoms with Gasteiger partial charge in [-0.2, -0.15) is 0 Å². The maximum atomic E-state index is 11.3. The van der Waals surface area contributed by atoms with E-state index in [0.29, 0.717) is 6.61 Å². The summed E-state index contributed by atoms with van der Waals surface area (Å²) in [6, 6.07) is 8.29. The Morgan fingerprint density at radius 3 is 2.94 bits per heavy atom. The number of hydrogen-bond donors (Lipinski definition) is 0. The molecular formula is C15H16O2. The monoisotopic (exact) mass is 228 g/mol. The fourth-order valence-corrected chi connectivity index (χ4v) is 2.12. The van der Waals surface area contributed by atoms with E-state index in [0.717, 1.165) is 12.0 Å². The van der Waals surface area contributed by atoms with Crippen LogP contribution >= 0.6 is 0 Å². The number of hydrogen-bond acceptors (Lipinski definition) is 2. The third kappa shape index (κ3) is 2.47. The van der Waals surface area contributed by atoms with Crippen molar-refractivity contribution >= 4 is 11.5 Å². The zero-order valence-electron chi connectivity index (χ0n) is 10.2. The molecule has 1 aromatic rings. The Labute approximate surface area is 102 Å². The lowest BCUT2D eigenvalue weighted by Gasteiger charge is -2.00. The van der Waals surface area contributed by atoms with E-state index in [4.69, 9.17) is 4.74 Å². The van der Waals surface area contributed by atoms with Crippen molar-refractivity contribution in [2.75, 3.05) is 6.61 Å². The molecule has 17 heavy (non-hydrogen) atoms. The van der Waals surface area contributed by atoms with Crippen molar-refractivity contribution in [2.24, 2.45) is 0 Å². The van der Waals surface area contributed by atoms with Gasteiger partial charge in [0.1, 0.15) is 0 Å². The summed E-state index contributed by atoms with van der Waals surface area (Å²) in [5.74, 6) is -0.280. The molecule has 1 aliphatic rings. The molecule has 2 heteroatoms. The Bertz CT molecular complexity index is 495. The molecule has 0 amide bonds. The second-order valence-corrected chi connectivity index (χ2v) is 4.11. The molecule has 0 heterocycles. The largest absolute Gasteiger partial charge is 0.463 e. The highest BCUT2D eigenvalue weighted by Gasteiger charge is 2.15. The molecule has 2 rings (SSSR count). The van der Waals surface area contributed by atoms with Crippen LogP contribution in [0.1, 0.15) is 25.0 Å². The topological polar surface area (TPSA) is 26.3 Å². The van der Waals surface area contributed by atoms with E-state index in [-0.39, 0.29) is 5.97 Å². The molecule has 0 saturated carbocycles. The number of carbonyl (C=O) groups is 1. The predicted octanol–water partition coefficient (Wildman–Crippen LogP) is 3.14. The first kappa shape index (κ1) is 11.6. The molecule has 0 atom stereocenters. The van der Waals surface area contributed by atoms with Crippen LogP contribution in [0, 0.1) is 0 Å². The zero-order valence-corrected chi connectivity index (χ0v) is 10.2. The lowest BCUT2D eigenvalue weighted by Crippen LogP contribution is -1.98. The highest BCUT2D eigenvalue weighted by atomic mass is 16.5. The zero-order chi connectivity index (χ0) is 12.3. The molecule has 2 nitrogen and oxygen atoms in total. The minimum Gasteiger partial charge on any atom is -0.463 e. The SMILES string of the molecule is CCOC(=O)/C=C/C1=C(C)Cc2ccccc21. The summed E-state index contributed by atoms with van der Waals surface area (Å²) in [5.41, 5.74) is 5.00. The highest BCUT2D eigenvalue weighted by Crippen LogP contribution is 2.33. The first-order valence-electron chi connectivity index (χ1n) is 5.85. The lowest BCUT2D eigenvalue weighted by atomic mass is 10.1. The Hall–Kier alpha value is -1.83. The van der Waals surface area contributed by atoms with Crippen molar-refractivity contribution in [2.45, 2.75) is 20.3 Å². The van der Waals surface area contributed by atoms with E-state index in [1.807, 2.05) is 18.2 Å². The number of benzene rings is 1. The van der Waals surface area contributed by atoms with Crippen LogP contribution in [-0.4, -0.2) is 12.6 Å². The van der Waals surface area contributed by atoms with Gasteiger partial charge in [-0.1, -0.05) is 29.8 Å². The standard InChI is InChI=1S/C15H16O2/c1-3-17-15(16)9-8-13-11(2)10-12-6-4-5-7-14(12)13/h4-9H,3,10H2,1-2H3/b9-8+. The second kappa shape index (κ2) is 5.00. The van der Waals surface area contributed by atoms with Crippen molar-refractivity contribution < 1.29 is 9.53 Å². The van der Waals surface area contributed by atoms with Gasteiger partial charge in [-0.25, -0.2) is 4.79 Å². The maximum Gasteiger partial charge on any atom is 0.330 e. The fraction of sp³-hybridized carbons (Fsp3) is 0.267. The molecule has 1 aromatic carbocycles. The van der Waals surface area contributed by atoms with Gasteiger partial charge < -0.3 is 4.74 Å². The molecule has 0 radical (unpaired) electrons. The van der Waals surface area contributed by atoms with Crippen LogP contribution in [0.4, 0.5) is 0 Å². The molecule has 0 unspecified atom stereocenters. The molecular weight excluding hydrogens is 212 g/mol. The van der Waals surface area contributed by atoms with Crippen LogP contribution < -0.4 is 0 Å². The average Bonchev–Trinajstić information content (AvgIpc) is 2.62. The van der Waals surface area contributed by atoms with Crippen LogP contribution in [0.15, 0.2) is 42.0 Å². The van der Waals surface area contributed by atoms with Gasteiger partial charge in [-0.3, -0.25) is 0 Å². The molecule has 0 N–H and O–H groups in total. The molecule has 88 valence electrons. The van der Waals surface area contributed by atoms with Gasteiger partial charge >= 0.3 is 5.97 Å². The summed E-state index contributed by atoms with van der Waals surface area (Å²) in [6.07, 6.45) is 4.34. The van der Waals surface area contributed by atoms with Gasteiger partial charge in [0.05, 0.1) is 6.61 Å². The third-order valence-electron chi connectivity index (χ3n) is 2.90. The number of esters is 1. The molecule has 1 aliphatic carbocycles. The average molecular weight is 228 g/mol. The van der Waals surface area contributed by atoms with Crippen LogP contribution in [0.25, 0.3) is 5.57 Å². The van der Waals surface area contributed by atoms with E-state index in [9.17, 15) is 4.79 Å². The van der Waals surface area contributed by atoms with Gasteiger partial charge in [0.25, 0.3) is 0 Å². The van der Waals surface area contributed by atoms with E-state index in [1.54, 1.807) is 6.92 Å². The van der Waals surface area contributed by atoms with E-state index in [1.165, 1.54) is 22.8 Å². The maximum absolute atomic E-state index is 11.3. The number of rotatable bonds is 3. The number of ether oxygens (including phenoxy) is 1. The number of allylic oxidation sites excluding steroid dienone is 3. The number of carbonyl (C=O) groups excluding carboxylic acids is 1. The Kier molecular flexibility index (Phi) is 3.43.